The van der Waals surface area contributed by atoms with Crippen molar-refractivity contribution in [1.82, 2.24) is 14.9 Å². The van der Waals surface area contributed by atoms with Crippen LogP contribution in [0.15, 0.2) is 36.4 Å². The van der Waals surface area contributed by atoms with Gasteiger partial charge in [0.2, 0.25) is 0 Å². The highest BCUT2D eigenvalue weighted by Crippen LogP contribution is 2.46. The summed E-state index contributed by atoms with van der Waals surface area (Å²) in [5.41, 5.74) is 4.28. The molecule has 0 radical (unpaired) electrons. The number of carbonyl (C=O) groups is 1. The lowest BCUT2D eigenvalue weighted by atomic mass is 9.85. The Hall–Kier alpha value is -2.94. The molecular weight excluding hydrogens is 396 g/mol. The summed E-state index contributed by atoms with van der Waals surface area (Å²) in [4.78, 5) is 17.6. The topological polar surface area (TPSA) is 97.6 Å². The average molecular weight is 425 g/mol. The van der Waals surface area contributed by atoms with Gasteiger partial charge in [-0.15, -0.1) is 0 Å². The molecule has 3 aromatic rings. The molecule has 0 spiro atoms. The molecule has 1 aliphatic rings. The number of carbonyl (C=O) groups excluding carboxylic acids is 1. The van der Waals surface area contributed by atoms with Gasteiger partial charge in [0.1, 0.15) is 23.5 Å². The third-order valence-corrected chi connectivity index (χ3v) is 5.89. The molecule has 3 N–H and O–H groups in total. The zero-order valence-electron chi connectivity index (χ0n) is 18.2. The summed E-state index contributed by atoms with van der Waals surface area (Å²) >= 11 is 0. The zero-order chi connectivity index (χ0) is 22.1. The Morgan fingerprint density at radius 1 is 1.29 bits per heavy atom. The molecule has 0 saturated heterocycles. The molecule has 8 heteroatoms. The molecule has 1 aromatic heterocycles. The second-order valence-corrected chi connectivity index (χ2v) is 7.69. The Labute approximate surface area is 181 Å². The van der Waals surface area contributed by atoms with Gasteiger partial charge in [0.05, 0.1) is 30.5 Å². The Morgan fingerprint density at radius 2 is 2.03 bits per heavy atom. The third kappa shape index (κ3) is 3.67. The highest BCUT2D eigenvalue weighted by molar-refractivity contribution is 6.04. The molecule has 164 valence electrons. The van der Waals surface area contributed by atoms with Crippen molar-refractivity contribution in [2.24, 2.45) is 7.05 Å². The second kappa shape index (κ2) is 8.66. The Balaban J connectivity index is 1.96. The minimum Gasteiger partial charge on any atom is -0.388 e. The van der Waals surface area contributed by atoms with Crippen molar-refractivity contribution >= 4 is 22.6 Å². The molecule has 3 atom stereocenters. The lowest BCUT2D eigenvalue weighted by molar-refractivity contribution is -0.0635. The number of aromatic nitrogens is 2. The minimum absolute atomic E-state index is 0.246. The van der Waals surface area contributed by atoms with E-state index in [0.29, 0.717) is 23.4 Å². The van der Waals surface area contributed by atoms with E-state index in [1.807, 2.05) is 54.9 Å². The van der Waals surface area contributed by atoms with Gasteiger partial charge in [-0.1, -0.05) is 30.3 Å². The largest absolute Gasteiger partial charge is 0.388 e. The zero-order valence-corrected chi connectivity index (χ0v) is 18.2. The fourth-order valence-corrected chi connectivity index (χ4v) is 4.18. The minimum atomic E-state index is -0.919. The number of amides is 1. The van der Waals surface area contributed by atoms with E-state index in [4.69, 9.17) is 14.5 Å². The van der Waals surface area contributed by atoms with Gasteiger partial charge in [-0.05, 0) is 18.6 Å². The molecule has 31 heavy (non-hydrogen) atoms. The van der Waals surface area contributed by atoms with Crippen LogP contribution >= 0.6 is 0 Å². The molecule has 2 aromatic carbocycles. The van der Waals surface area contributed by atoms with Gasteiger partial charge in [0, 0.05) is 32.3 Å². The Kier molecular flexibility index (Phi) is 5.95. The molecular formula is C23H28N4O4. The van der Waals surface area contributed by atoms with Crippen LogP contribution in [0, 0.1) is 6.92 Å². The van der Waals surface area contributed by atoms with E-state index < -0.39 is 18.2 Å². The maximum absolute atomic E-state index is 12.9. The van der Waals surface area contributed by atoms with E-state index in [9.17, 15) is 9.90 Å². The molecule has 1 aliphatic heterocycles. The van der Waals surface area contributed by atoms with Crippen LogP contribution in [0.4, 0.5) is 5.69 Å². The Morgan fingerprint density at radius 3 is 2.71 bits per heavy atom. The summed E-state index contributed by atoms with van der Waals surface area (Å²) in [6.07, 6.45) is -1.65. The van der Waals surface area contributed by atoms with Crippen LogP contribution < -0.4 is 10.6 Å². The SMILES string of the molecule is CNC(=O)c1cc2c(nc(C)n2C)c2c1[C@H](OCCOC)[C@H](O)[C@@H](c1ccccc1)N2. The number of hydrogen-bond acceptors (Lipinski definition) is 6. The number of anilines is 1. The number of benzene rings is 2. The second-order valence-electron chi connectivity index (χ2n) is 7.69. The molecule has 2 heterocycles. The summed E-state index contributed by atoms with van der Waals surface area (Å²) in [7, 11) is 5.11. The van der Waals surface area contributed by atoms with Gasteiger partial charge in [0.25, 0.3) is 5.91 Å². The monoisotopic (exact) mass is 424 g/mol. The van der Waals surface area contributed by atoms with Crippen molar-refractivity contribution in [2.75, 3.05) is 32.7 Å². The first-order valence-corrected chi connectivity index (χ1v) is 10.3. The van der Waals surface area contributed by atoms with E-state index in [2.05, 4.69) is 10.6 Å². The number of nitrogens with one attached hydrogen (secondary N) is 2. The van der Waals surface area contributed by atoms with E-state index in [1.54, 1.807) is 14.2 Å². The number of methoxy groups -OCH3 is 1. The van der Waals surface area contributed by atoms with Crippen molar-refractivity contribution in [3.8, 4) is 0 Å². The van der Waals surface area contributed by atoms with Gasteiger partial charge in [-0.3, -0.25) is 4.79 Å². The maximum Gasteiger partial charge on any atom is 0.251 e. The number of aryl methyl sites for hydroxylation is 2. The summed E-state index contributed by atoms with van der Waals surface area (Å²) in [6.45, 7) is 2.58. The molecule has 0 saturated carbocycles. The van der Waals surface area contributed by atoms with E-state index in [-0.39, 0.29) is 12.5 Å². The maximum atomic E-state index is 12.9. The van der Waals surface area contributed by atoms with Crippen LogP contribution in [-0.4, -0.2) is 54.0 Å². The van der Waals surface area contributed by atoms with E-state index >= 15 is 0 Å². The number of aliphatic hydroxyl groups excluding tert-OH is 1. The first-order chi connectivity index (χ1) is 15.0. The van der Waals surface area contributed by atoms with Gasteiger partial charge < -0.3 is 29.8 Å². The molecule has 0 aliphatic carbocycles. The first kappa shape index (κ1) is 21.3. The molecule has 0 fully saturated rings. The molecule has 8 nitrogen and oxygen atoms in total. The summed E-state index contributed by atoms with van der Waals surface area (Å²) in [5.74, 6) is 0.580. The highest BCUT2D eigenvalue weighted by Gasteiger charge is 2.41. The van der Waals surface area contributed by atoms with Crippen molar-refractivity contribution in [3.63, 3.8) is 0 Å². The lowest BCUT2D eigenvalue weighted by Gasteiger charge is -2.39. The fraction of sp³-hybridized carbons (Fsp3) is 0.391. The third-order valence-electron chi connectivity index (χ3n) is 5.89. The van der Waals surface area contributed by atoms with E-state index in [0.717, 1.165) is 22.4 Å². The number of imidazole rings is 1. The van der Waals surface area contributed by atoms with Crippen LogP contribution in [0.3, 0.4) is 0 Å². The fourth-order valence-electron chi connectivity index (χ4n) is 4.18. The smallest absolute Gasteiger partial charge is 0.251 e. The van der Waals surface area contributed by atoms with Gasteiger partial charge >= 0.3 is 0 Å². The van der Waals surface area contributed by atoms with Gasteiger partial charge in [0.15, 0.2) is 0 Å². The first-order valence-electron chi connectivity index (χ1n) is 10.3. The summed E-state index contributed by atoms with van der Waals surface area (Å²) in [6, 6.07) is 11.1. The summed E-state index contributed by atoms with van der Waals surface area (Å²) in [5, 5.41) is 17.5. The van der Waals surface area contributed by atoms with Crippen LogP contribution in [0.25, 0.3) is 11.0 Å². The molecule has 0 unspecified atom stereocenters. The number of fused-ring (bicyclic) bond motifs is 3. The van der Waals surface area contributed by atoms with Crippen LogP contribution in [0.5, 0.6) is 0 Å². The number of nitrogens with zero attached hydrogens (tertiary/aromatic N) is 2. The van der Waals surface area contributed by atoms with Crippen LogP contribution in [0.2, 0.25) is 0 Å². The molecule has 1 amide bonds. The normalized spacial score (nSPS) is 20.4. The van der Waals surface area contributed by atoms with E-state index in [1.165, 1.54) is 0 Å². The number of hydrogen-bond donors (Lipinski definition) is 3. The quantitative estimate of drug-likeness (QED) is 0.526. The lowest BCUT2D eigenvalue weighted by Crippen LogP contribution is -2.39. The van der Waals surface area contributed by atoms with Crippen molar-refractivity contribution in [3.05, 3.63) is 58.9 Å². The predicted molar refractivity (Wildman–Crippen MR) is 118 cm³/mol. The van der Waals surface area contributed by atoms with Crippen LogP contribution in [0.1, 0.15) is 39.5 Å². The average Bonchev–Trinajstić information content (AvgIpc) is 3.08. The summed E-state index contributed by atoms with van der Waals surface area (Å²) < 4.78 is 13.2. The Bertz CT molecular complexity index is 1100. The van der Waals surface area contributed by atoms with Gasteiger partial charge in [-0.25, -0.2) is 4.98 Å². The predicted octanol–water partition coefficient (Wildman–Crippen LogP) is 2.47. The van der Waals surface area contributed by atoms with Crippen molar-refractivity contribution in [2.45, 2.75) is 25.2 Å². The standard InChI is InChI=1S/C23H28N4O4/c1-13-25-19-16(27(13)3)12-15(23(29)24-2)17-20(19)26-18(14-8-6-5-7-9-14)21(28)22(17)31-11-10-30-4/h5-9,12,18,21-22,26,28H,10-11H2,1-4H3,(H,24,29)/t18-,21-,22+/m1/s1. The van der Waals surface area contributed by atoms with Crippen molar-refractivity contribution in [1.29, 1.82) is 0 Å². The highest BCUT2D eigenvalue weighted by atomic mass is 16.5. The number of aliphatic hydroxyl groups is 1. The number of ether oxygens (including phenoxy) is 2. The molecule has 4 rings (SSSR count). The number of rotatable bonds is 6. The van der Waals surface area contributed by atoms with Crippen molar-refractivity contribution < 1.29 is 19.4 Å². The van der Waals surface area contributed by atoms with Crippen LogP contribution in [-0.2, 0) is 16.5 Å². The van der Waals surface area contributed by atoms with Gasteiger partial charge in [-0.2, -0.15) is 0 Å². The molecule has 0 bridgehead atoms.